The van der Waals surface area contributed by atoms with Gasteiger partial charge in [0.05, 0.1) is 23.7 Å². The summed E-state index contributed by atoms with van der Waals surface area (Å²) in [6, 6.07) is 3.57. The lowest BCUT2D eigenvalue weighted by atomic mass is 10.2. The van der Waals surface area contributed by atoms with Crippen LogP contribution in [0.25, 0.3) is 16.9 Å². The molecule has 0 fully saturated rings. The van der Waals surface area contributed by atoms with E-state index < -0.39 is 26.5 Å². The molecule has 0 unspecified atom stereocenters. The Morgan fingerprint density at radius 3 is 2.27 bits per heavy atom. The van der Waals surface area contributed by atoms with Crippen LogP contribution in [-0.2, 0) is 9.84 Å². The second kappa shape index (κ2) is 6.01. The van der Waals surface area contributed by atoms with Crippen LogP contribution in [0, 0.1) is 11.9 Å². The Hall–Kier alpha value is -2.55. The van der Waals surface area contributed by atoms with Crippen LogP contribution in [0.5, 0.6) is 5.75 Å². The van der Waals surface area contributed by atoms with Gasteiger partial charge in [-0.25, -0.2) is 13.4 Å². The highest BCUT2D eigenvalue weighted by Gasteiger charge is 2.34. The number of imidazole rings is 1. The molecule has 0 aliphatic carbocycles. The fourth-order valence-electron chi connectivity index (χ4n) is 2.50. The Labute approximate surface area is 149 Å². The van der Waals surface area contributed by atoms with Crippen LogP contribution in [0.2, 0.25) is 0 Å². The number of aromatic nitrogens is 3. The van der Waals surface area contributed by atoms with Crippen LogP contribution < -0.4 is 4.74 Å². The number of methoxy groups -OCH3 is 1. The van der Waals surface area contributed by atoms with E-state index in [1.54, 1.807) is 20.8 Å². The van der Waals surface area contributed by atoms with Crippen molar-refractivity contribution in [3.8, 4) is 17.0 Å². The highest BCUT2D eigenvalue weighted by Crippen LogP contribution is 2.34. The lowest BCUT2D eigenvalue weighted by Gasteiger charge is -2.21. The molecular weight excluding hydrogens is 364 g/mol. The summed E-state index contributed by atoms with van der Waals surface area (Å²) in [7, 11) is -2.37. The fraction of sp³-hybridized carbons (Fsp3) is 0.294. The maximum Gasteiger partial charge on any atom is 0.216 e. The predicted molar refractivity (Wildman–Crippen MR) is 91.8 cm³/mol. The first-order valence-corrected chi connectivity index (χ1v) is 9.16. The van der Waals surface area contributed by atoms with Crippen molar-refractivity contribution < 1.29 is 21.9 Å². The minimum Gasteiger partial charge on any atom is -0.495 e. The van der Waals surface area contributed by atoms with Gasteiger partial charge >= 0.3 is 0 Å². The normalized spacial score (nSPS) is 12.5. The molecule has 0 aliphatic heterocycles. The Bertz CT molecular complexity index is 1080. The zero-order valence-electron chi connectivity index (χ0n) is 14.6. The number of rotatable bonds is 3. The van der Waals surface area contributed by atoms with Crippen LogP contribution in [0.4, 0.5) is 8.78 Å². The van der Waals surface area contributed by atoms with E-state index >= 15 is 0 Å². The topological polar surface area (TPSA) is 73.6 Å². The number of halogens is 2. The maximum atomic E-state index is 13.5. The van der Waals surface area contributed by atoms with Gasteiger partial charge in [0.2, 0.25) is 11.9 Å². The number of nitrogens with zero attached hydrogens (tertiary/aromatic N) is 3. The lowest BCUT2D eigenvalue weighted by molar-refractivity contribution is 0.401. The molecule has 3 aromatic heterocycles. The zero-order chi connectivity index (χ0) is 19.3. The van der Waals surface area contributed by atoms with E-state index in [0.29, 0.717) is 11.3 Å². The molecule has 3 heterocycles. The summed E-state index contributed by atoms with van der Waals surface area (Å²) in [6.45, 7) is 4.73. The zero-order valence-corrected chi connectivity index (χ0v) is 15.4. The summed E-state index contributed by atoms with van der Waals surface area (Å²) >= 11 is 0. The maximum absolute atomic E-state index is 13.5. The highest BCUT2D eigenvalue weighted by atomic mass is 32.2. The van der Waals surface area contributed by atoms with E-state index in [2.05, 4.69) is 9.97 Å². The number of fused-ring (bicyclic) bond motifs is 1. The minimum absolute atomic E-state index is 0.0331. The van der Waals surface area contributed by atoms with Gasteiger partial charge in [-0.15, -0.1) is 0 Å². The molecule has 0 aliphatic rings. The summed E-state index contributed by atoms with van der Waals surface area (Å²) in [6.07, 6.45) is 2.75. The predicted octanol–water partition coefficient (Wildman–Crippen LogP) is 3.26. The SMILES string of the molecule is COc1cc2ncc(-c3cc(F)nc(F)c3)n2cc1S(=O)(=O)C(C)(C)C. The molecule has 3 rings (SSSR count). The molecule has 0 amide bonds. The molecule has 138 valence electrons. The second-order valence-corrected chi connectivity index (χ2v) is 9.37. The average Bonchev–Trinajstić information content (AvgIpc) is 2.94. The smallest absolute Gasteiger partial charge is 0.216 e. The van der Waals surface area contributed by atoms with Crippen molar-refractivity contribution in [3.05, 3.63) is 42.5 Å². The molecule has 0 atom stereocenters. The van der Waals surface area contributed by atoms with Crippen molar-refractivity contribution in [2.45, 2.75) is 30.4 Å². The van der Waals surface area contributed by atoms with Crippen LogP contribution in [0.15, 0.2) is 35.5 Å². The third-order valence-corrected chi connectivity index (χ3v) is 6.45. The van der Waals surface area contributed by atoms with E-state index in [1.807, 2.05) is 0 Å². The largest absolute Gasteiger partial charge is 0.495 e. The number of sulfone groups is 1. The number of pyridine rings is 2. The molecule has 0 bridgehead atoms. The molecule has 9 heteroatoms. The van der Waals surface area contributed by atoms with Gasteiger partial charge in [-0.3, -0.25) is 4.40 Å². The molecule has 0 saturated carbocycles. The summed E-state index contributed by atoms with van der Waals surface area (Å²) < 4.78 is 58.4. The first-order valence-electron chi connectivity index (χ1n) is 7.68. The Kier molecular flexibility index (Phi) is 4.22. The molecule has 0 aromatic carbocycles. The first kappa shape index (κ1) is 18.2. The summed E-state index contributed by atoms with van der Waals surface area (Å²) in [5.74, 6) is -1.81. The molecule has 0 saturated heterocycles. The monoisotopic (exact) mass is 381 g/mol. The molecule has 26 heavy (non-hydrogen) atoms. The standard InChI is InChI=1S/C17H17F2N3O3S/c1-17(2,3)26(23,24)13-9-22-11(8-20-16(22)7-12(13)25-4)10-5-14(18)21-15(19)6-10/h5-9H,1-4H3. The average molecular weight is 381 g/mol. The number of hydrogen-bond acceptors (Lipinski definition) is 5. The van der Waals surface area contributed by atoms with Crippen LogP contribution >= 0.6 is 0 Å². The van der Waals surface area contributed by atoms with Crippen molar-refractivity contribution in [1.29, 1.82) is 0 Å². The van der Waals surface area contributed by atoms with Gasteiger partial charge in [0.1, 0.15) is 16.3 Å². The molecule has 6 nitrogen and oxygen atoms in total. The van der Waals surface area contributed by atoms with E-state index in [4.69, 9.17) is 4.74 Å². The Morgan fingerprint density at radius 2 is 1.73 bits per heavy atom. The summed E-state index contributed by atoms with van der Waals surface area (Å²) in [5.41, 5.74) is 0.891. The van der Waals surface area contributed by atoms with Crippen molar-refractivity contribution in [1.82, 2.24) is 14.4 Å². The van der Waals surface area contributed by atoms with Gasteiger partial charge in [0, 0.05) is 30.0 Å². The van der Waals surface area contributed by atoms with Gasteiger partial charge in [-0.05, 0) is 20.8 Å². The van der Waals surface area contributed by atoms with Gasteiger partial charge < -0.3 is 4.74 Å². The van der Waals surface area contributed by atoms with E-state index in [9.17, 15) is 17.2 Å². The molecule has 0 radical (unpaired) electrons. The Morgan fingerprint density at radius 1 is 1.12 bits per heavy atom. The van der Waals surface area contributed by atoms with Crippen molar-refractivity contribution in [2.24, 2.45) is 0 Å². The number of ether oxygens (including phenoxy) is 1. The van der Waals surface area contributed by atoms with Gasteiger partial charge in [0.25, 0.3) is 0 Å². The van der Waals surface area contributed by atoms with Crippen molar-refractivity contribution in [2.75, 3.05) is 7.11 Å². The third kappa shape index (κ3) is 2.92. The van der Waals surface area contributed by atoms with Crippen LogP contribution in [0.1, 0.15) is 20.8 Å². The molecular formula is C17H17F2N3O3S. The van der Waals surface area contributed by atoms with E-state index in [0.717, 1.165) is 12.1 Å². The van der Waals surface area contributed by atoms with Crippen molar-refractivity contribution in [3.63, 3.8) is 0 Å². The highest BCUT2D eigenvalue weighted by molar-refractivity contribution is 7.92. The minimum atomic E-state index is -3.74. The van der Waals surface area contributed by atoms with Gasteiger partial charge in [0.15, 0.2) is 9.84 Å². The van der Waals surface area contributed by atoms with Crippen LogP contribution in [0.3, 0.4) is 0 Å². The number of hydrogen-bond donors (Lipinski definition) is 0. The molecule has 3 aromatic rings. The lowest BCUT2D eigenvalue weighted by Crippen LogP contribution is -2.28. The molecule has 0 spiro atoms. The third-order valence-electron chi connectivity index (χ3n) is 3.95. The van der Waals surface area contributed by atoms with Gasteiger partial charge in [-0.2, -0.15) is 13.8 Å². The quantitative estimate of drug-likeness (QED) is 0.651. The van der Waals surface area contributed by atoms with E-state index in [1.165, 1.54) is 30.0 Å². The molecule has 0 N–H and O–H groups in total. The summed E-state index contributed by atoms with van der Waals surface area (Å²) in [5, 5.41) is 0. The van der Waals surface area contributed by atoms with Crippen LogP contribution in [-0.4, -0.2) is 34.6 Å². The second-order valence-electron chi connectivity index (χ2n) is 6.69. The fourth-order valence-corrected chi connectivity index (χ4v) is 3.82. The summed E-state index contributed by atoms with van der Waals surface area (Å²) in [4.78, 5) is 7.20. The Balaban J connectivity index is 2.32. The van der Waals surface area contributed by atoms with E-state index in [-0.39, 0.29) is 16.2 Å². The first-order chi connectivity index (χ1) is 12.0. The van der Waals surface area contributed by atoms with Crippen molar-refractivity contribution >= 4 is 15.5 Å². The van der Waals surface area contributed by atoms with Gasteiger partial charge in [-0.1, -0.05) is 0 Å².